The Labute approximate surface area is 176 Å². The molecule has 8 heteroatoms. The van der Waals surface area contributed by atoms with Gasteiger partial charge in [0.25, 0.3) is 11.8 Å². The highest BCUT2D eigenvalue weighted by Crippen LogP contribution is 2.20. The van der Waals surface area contributed by atoms with Crippen LogP contribution in [-0.2, 0) is 11.3 Å². The van der Waals surface area contributed by atoms with Crippen molar-refractivity contribution in [2.75, 3.05) is 26.8 Å². The molecule has 162 valence electrons. The molecule has 1 unspecified atom stereocenters. The summed E-state index contributed by atoms with van der Waals surface area (Å²) in [6.07, 6.45) is 1.87. The lowest BCUT2D eigenvalue weighted by atomic mass is 10.1. The highest BCUT2D eigenvalue weighted by molar-refractivity contribution is 5.95. The molecular formula is C22H29N3O5. The summed E-state index contributed by atoms with van der Waals surface area (Å²) in [5, 5.41) is 6.67. The number of nitrogens with zero attached hydrogens (tertiary/aromatic N) is 2. The number of rotatable bonds is 9. The van der Waals surface area contributed by atoms with Crippen molar-refractivity contribution in [2.24, 2.45) is 5.92 Å². The molecular weight excluding hydrogens is 386 g/mol. The van der Waals surface area contributed by atoms with Gasteiger partial charge < -0.3 is 24.2 Å². The summed E-state index contributed by atoms with van der Waals surface area (Å²) in [4.78, 5) is 27.1. The first-order valence-corrected chi connectivity index (χ1v) is 10.2. The largest absolute Gasteiger partial charge is 0.497 e. The average molecular weight is 415 g/mol. The highest BCUT2D eigenvalue weighted by atomic mass is 16.5. The van der Waals surface area contributed by atoms with Crippen molar-refractivity contribution in [1.29, 1.82) is 0 Å². The number of aromatic nitrogens is 1. The smallest absolute Gasteiger partial charge is 0.273 e. The molecule has 2 heterocycles. The minimum absolute atomic E-state index is 0.0173. The number of hydrogen-bond donors (Lipinski definition) is 1. The lowest BCUT2D eigenvalue weighted by molar-refractivity contribution is 0.0486. The van der Waals surface area contributed by atoms with Crippen molar-refractivity contribution in [3.05, 3.63) is 47.3 Å². The lowest BCUT2D eigenvalue weighted by Crippen LogP contribution is -2.36. The summed E-state index contributed by atoms with van der Waals surface area (Å²) in [6.45, 7) is 5.92. The van der Waals surface area contributed by atoms with E-state index >= 15 is 0 Å². The maximum atomic E-state index is 13.2. The van der Waals surface area contributed by atoms with Gasteiger partial charge in [-0.1, -0.05) is 25.1 Å². The van der Waals surface area contributed by atoms with Crippen molar-refractivity contribution in [3.63, 3.8) is 0 Å². The van der Waals surface area contributed by atoms with E-state index in [0.29, 0.717) is 42.7 Å². The zero-order valence-electron chi connectivity index (χ0n) is 17.7. The van der Waals surface area contributed by atoms with E-state index in [1.165, 1.54) is 0 Å². The first-order chi connectivity index (χ1) is 14.5. The fourth-order valence-electron chi connectivity index (χ4n) is 3.26. The first-order valence-electron chi connectivity index (χ1n) is 10.2. The lowest BCUT2D eigenvalue weighted by Gasteiger charge is -2.24. The van der Waals surface area contributed by atoms with E-state index in [1.807, 2.05) is 13.8 Å². The number of ether oxygens (including phenoxy) is 2. The summed E-state index contributed by atoms with van der Waals surface area (Å²) < 4.78 is 16.3. The number of methoxy groups -OCH3 is 1. The molecule has 2 amide bonds. The number of carbonyl (C=O) groups is 2. The van der Waals surface area contributed by atoms with Crippen LogP contribution >= 0.6 is 0 Å². The number of amides is 2. The fraction of sp³-hybridized carbons (Fsp3) is 0.500. The predicted molar refractivity (Wildman–Crippen MR) is 110 cm³/mol. The monoisotopic (exact) mass is 415 g/mol. The van der Waals surface area contributed by atoms with Gasteiger partial charge in [-0.25, -0.2) is 0 Å². The Kier molecular flexibility index (Phi) is 7.46. The second-order valence-corrected chi connectivity index (χ2v) is 7.83. The molecule has 1 atom stereocenters. The molecule has 2 aromatic rings. The Morgan fingerprint density at radius 2 is 2.17 bits per heavy atom. The average Bonchev–Trinajstić information content (AvgIpc) is 3.43. The third kappa shape index (κ3) is 5.82. The second kappa shape index (κ2) is 10.2. The molecule has 0 saturated carbocycles. The van der Waals surface area contributed by atoms with Gasteiger partial charge in [0, 0.05) is 31.3 Å². The van der Waals surface area contributed by atoms with Gasteiger partial charge in [0.15, 0.2) is 11.5 Å². The van der Waals surface area contributed by atoms with Gasteiger partial charge in [0.05, 0.1) is 19.8 Å². The summed E-state index contributed by atoms with van der Waals surface area (Å²) in [6, 6.07) is 8.60. The van der Waals surface area contributed by atoms with Crippen LogP contribution in [0.15, 0.2) is 34.9 Å². The van der Waals surface area contributed by atoms with E-state index in [1.54, 1.807) is 42.3 Å². The third-order valence-corrected chi connectivity index (χ3v) is 4.86. The van der Waals surface area contributed by atoms with Gasteiger partial charge in [-0.2, -0.15) is 0 Å². The zero-order valence-corrected chi connectivity index (χ0v) is 17.7. The Balaban J connectivity index is 1.74. The van der Waals surface area contributed by atoms with Crippen molar-refractivity contribution in [2.45, 2.75) is 39.3 Å². The van der Waals surface area contributed by atoms with Gasteiger partial charge in [0.2, 0.25) is 0 Å². The van der Waals surface area contributed by atoms with Crippen LogP contribution in [0.1, 0.15) is 53.3 Å². The van der Waals surface area contributed by atoms with Crippen LogP contribution in [0.2, 0.25) is 0 Å². The van der Waals surface area contributed by atoms with Crippen LogP contribution in [-0.4, -0.2) is 54.8 Å². The van der Waals surface area contributed by atoms with Crippen LogP contribution in [0, 0.1) is 5.92 Å². The summed E-state index contributed by atoms with van der Waals surface area (Å²) in [5.74, 6) is 0.943. The standard InChI is InChI=1S/C22H29N3O5/c1-15(2)12-23-21(26)20-11-19(30-24-20)14-25(13-18-8-5-9-29-18)22(27)16-6-4-7-17(10-16)28-3/h4,6-7,10-11,15,18H,5,8-9,12-14H2,1-3H3,(H,23,26). The van der Waals surface area contributed by atoms with Crippen molar-refractivity contribution in [1.82, 2.24) is 15.4 Å². The molecule has 1 aromatic carbocycles. The minimum atomic E-state index is -0.288. The number of nitrogens with one attached hydrogen (secondary N) is 1. The number of hydrogen-bond acceptors (Lipinski definition) is 6. The Morgan fingerprint density at radius 1 is 1.33 bits per heavy atom. The van der Waals surface area contributed by atoms with Gasteiger partial charge in [-0.15, -0.1) is 0 Å². The Hall–Kier alpha value is -2.87. The van der Waals surface area contributed by atoms with Gasteiger partial charge in [-0.3, -0.25) is 9.59 Å². The van der Waals surface area contributed by atoms with E-state index in [0.717, 1.165) is 12.8 Å². The molecule has 1 fully saturated rings. The predicted octanol–water partition coefficient (Wildman–Crippen LogP) is 2.89. The quantitative estimate of drug-likeness (QED) is 0.677. The molecule has 0 spiro atoms. The normalized spacial score (nSPS) is 15.9. The third-order valence-electron chi connectivity index (χ3n) is 4.86. The molecule has 3 rings (SSSR count). The summed E-state index contributed by atoms with van der Waals surface area (Å²) >= 11 is 0. The summed E-state index contributed by atoms with van der Waals surface area (Å²) in [7, 11) is 1.56. The molecule has 8 nitrogen and oxygen atoms in total. The zero-order chi connectivity index (χ0) is 21.5. The van der Waals surface area contributed by atoms with E-state index in [9.17, 15) is 9.59 Å². The molecule has 1 N–H and O–H groups in total. The van der Waals surface area contributed by atoms with Gasteiger partial charge in [0.1, 0.15) is 5.75 Å². The highest BCUT2D eigenvalue weighted by Gasteiger charge is 2.25. The first kappa shape index (κ1) is 21.8. The van der Waals surface area contributed by atoms with Crippen LogP contribution < -0.4 is 10.1 Å². The molecule has 1 aromatic heterocycles. The fourth-order valence-corrected chi connectivity index (χ4v) is 3.26. The molecule has 0 radical (unpaired) electrons. The molecule has 0 bridgehead atoms. The number of benzene rings is 1. The second-order valence-electron chi connectivity index (χ2n) is 7.83. The van der Waals surface area contributed by atoms with Crippen molar-refractivity contribution >= 4 is 11.8 Å². The van der Waals surface area contributed by atoms with Crippen LogP contribution in [0.3, 0.4) is 0 Å². The molecule has 1 saturated heterocycles. The van der Waals surface area contributed by atoms with E-state index < -0.39 is 0 Å². The Morgan fingerprint density at radius 3 is 2.87 bits per heavy atom. The van der Waals surface area contributed by atoms with Gasteiger partial charge in [-0.05, 0) is 37.0 Å². The summed E-state index contributed by atoms with van der Waals surface area (Å²) in [5.41, 5.74) is 0.721. The van der Waals surface area contributed by atoms with Crippen molar-refractivity contribution in [3.8, 4) is 5.75 Å². The molecule has 30 heavy (non-hydrogen) atoms. The van der Waals surface area contributed by atoms with E-state index in [4.69, 9.17) is 14.0 Å². The SMILES string of the molecule is COc1cccc(C(=O)N(Cc2cc(C(=O)NCC(C)C)no2)CC2CCCO2)c1. The van der Waals surface area contributed by atoms with Crippen LogP contribution in [0.5, 0.6) is 5.75 Å². The van der Waals surface area contributed by atoms with Crippen molar-refractivity contribution < 1.29 is 23.6 Å². The maximum absolute atomic E-state index is 13.2. The van der Waals surface area contributed by atoms with E-state index in [2.05, 4.69) is 10.5 Å². The van der Waals surface area contributed by atoms with Crippen LogP contribution in [0.4, 0.5) is 0 Å². The van der Waals surface area contributed by atoms with Crippen LogP contribution in [0.25, 0.3) is 0 Å². The Bertz CT molecular complexity index is 858. The van der Waals surface area contributed by atoms with E-state index in [-0.39, 0.29) is 30.2 Å². The minimum Gasteiger partial charge on any atom is -0.497 e. The molecule has 1 aliphatic heterocycles. The van der Waals surface area contributed by atoms with Gasteiger partial charge >= 0.3 is 0 Å². The number of carbonyl (C=O) groups excluding carboxylic acids is 2. The topological polar surface area (TPSA) is 93.9 Å². The molecule has 0 aliphatic carbocycles. The molecule has 1 aliphatic rings. The maximum Gasteiger partial charge on any atom is 0.273 e.